The second-order valence-corrected chi connectivity index (χ2v) is 8.36. The number of alkyl halides is 3. The van der Waals surface area contributed by atoms with Crippen LogP contribution in [0.4, 0.5) is 19.1 Å². The minimum atomic E-state index is -5.17. The molecule has 1 saturated heterocycles. The molecule has 0 unspecified atom stereocenters. The van der Waals surface area contributed by atoms with Gasteiger partial charge in [-0.05, 0) is 43.9 Å². The highest BCUT2D eigenvalue weighted by atomic mass is 19.4. The molecular formula is C22H21F3N6O3. The molecule has 0 amide bonds. The van der Waals surface area contributed by atoms with Gasteiger partial charge in [0.2, 0.25) is 11.8 Å². The number of hydrogen-bond donors (Lipinski definition) is 1. The lowest BCUT2D eigenvalue weighted by molar-refractivity contribution is -0.189. The van der Waals surface area contributed by atoms with Crippen molar-refractivity contribution in [3.63, 3.8) is 0 Å². The Balaban J connectivity index is 1.43. The first kappa shape index (κ1) is 22.3. The summed E-state index contributed by atoms with van der Waals surface area (Å²) in [6, 6.07) is 4.68. The van der Waals surface area contributed by atoms with Gasteiger partial charge < -0.3 is 19.4 Å². The molecule has 12 heteroatoms. The lowest BCUT2D eigenvalue weighted by Gasteiger charge is -2.33. The normalized spacial score (nSPS) is 18.7. The van der Waals surface area contributed by atoms with Crippen molar-refractivity contribution in [2.45, 2.75) is 32.0 Å². The fourth-order valence-corrected chi connectivity index (χ4v) is 3.91. The summed E-state index contributed by atoms with van der Waals surface area (Å²) in [5.74, 6) is -0.884. The first-order chi connectivity index (χ1) is 16.3. The number of ether oxygens (including phenoxy) is 1. The predicted molar refractivity (Wildman–Crippen MR) is 114 cm³/mol. The number of aromatic nitrogens is 4. The summed E-state index contributed by atoms with van der Waals surface area (Å²) in [4.78, 5) is 22.0. The Bertz CT molecular complexity index is 1190. The van der Waals surface area contributed by atoms with Crippen molar-refractivity contribution in [3.8, 4) is 28.5 Å². The minimum Gasteiger partial charge on any atom is -0.441 e. The van der Waals surface area contributed by atoms with Crippen LogP contribution in [0.15, 0.2) is 35.0 Å². The summed E-state index contributed by atoms with van der Waals surface area (Å²) < 4.78 is 48.8. The zero-order valence-corrected chi connectivity index (χ0v) is 18.2. The van der Waals surface area contributed by atoms with E-state index in [1.165, 1.54) is 37.4 Å². The largest absolute Gasteiger partial charge is 0.491 e. The van der Waals surface area contributed by atoms with Gasteiger partial charge in [0.1, 0.15) is 17.2 Å². The van der Waals surface area contributed by atoms with Gasteiger partial charge in [0.15, 0.2) is 0 Å². The lowest BCUT2D eigenvalue weighted by atomic mass is 10.1. The van der Waals surface area contributed by atoms with Crippen molar-refractivity contribution in [2.24, 2.45) is 5.92 Å². The number of esters is 1. The van der Waals surface area contributed by atoms with Gasteiger partial charge in [-0.1, -0.05) is 0 Å². The standard InChI is InChI=1S/C22H21F3N6O3/c1-12-9-27-19(33-12)14-4-5-15(18(8-14)34-20(32)22(23,24)25)16-10-28-21(30-29-16)31-7-6-26-17(11-31)13-2-3-13/h4-5,8-10,13,17,26H,2-3,6-7,11H2,1H3/t17-/m1/s1. The molecule has 3 aromatic rings. The molecule has 2 fully saturated rings. The number of nitrogens with one attached hydrogen (secondary N) is 1. The van der Waals surface area contributed by atoms with Crippen LogP contribution >= 0.6 is 0 Å². The van der Waals surface area contributed by atoms with Crippen molar-refractivity contribution in [1.29, 1.82) is 0 Å². The van der Waals surface area contributed by atoms with Crippen molar-refractivity contribution < 1.29 is 27.1 Å². The molecule has 1 saturated carbocycles. The van der Waals surface area contributed by atoms with Gasteiger partial charge in [0.05, 0.1) is 12.4 Å². The van der Waals surface area contributed by atoms with Crippen LogP contribution in [0.1, 0.15) is 18.6 Å². The van der Waals surface area contributed by atoms with E-state index >= 15 is 0 Å². The molecule has 2 aromatic heterocycles. The van der Waals surface area contributed by atoms with Crippen LogP contribution in [0.5, 0.6) is 5.75 Å². The minimum absolute atomic E-state index is 0.132. The quantitative estimate of drug-likeness (QED) is 0.441. The third-order valence-corrected chi connectivity index (χ3v) is 5.79. The Morgan fingerprint density at radius 3 is 2.68 bits per heavy atom. The number of oxazole rings is 1. The zero-order valence-electron chi connectivity index (χ0n) is 18.2. The summed E-state index contributed by atoms with van der Waals surface area (Å²) in [5.41, 5.74) is 0.636. The van der Waals surface area contributed by atoms with E-state index in [1.807, 2.05) is 4.90 Å². The SMILES string of the molecule is Cc1cnc(-c2ccc(-c3cnc(N4CCN[C@@H](C5CC5)C4)nn3)c(OC(=O)C(F)(F)F)c2)o1. The average Bonchev–Trinajstić information content (AvgIpc) is 3.59. The van der Waals surface area contributed by atoms with E-state index in [2.05, 4.69) is 30.2 Å². The Kier molecular flexibility index (Phi) is 5.68. The van der Waals surface area contributed by atoms with Crippen LogP contribution in [-0.2, 0) is 4.79 Å². The van der Waals surface area contributed by atoms with Gasteiger partial charge in [-0.15, -0.1) is 10.2 Å². The summed E-state index contributed by atoms with van der Waals surface area (Å²) in [6.45, 7) is 3.99. The molecule has 1 N–H and O–H groups in total. The molecule has 1 aliphatic carbocycles. The van der Waals surface area contributed by atoms with E-state index in [-0.39, 0.29) is 22.9 Å². The van der Waals surface area contributed by atoms with Gasteiger partial charge in [-0.2, -0.15) is 13.2 Å². The van der Waals surface area contributed by atoms with Crippen molar-refractivity contribution >= 4 is 11.9 Å². The van der Waals surface area contributed by atoms with Crippen LogP contribution < -0.4 is 15.0 Å². The molecule has 5 rings (SSSR count). The summed E-state index contributed by atoms with van der Waals surface area (Å²) in [6.07, 6.45) is 0.146. The smallest absolute Gasteiger partial charge is 0.441 e. The highest BCUT2D eigenvalue weighted by Crippen LogP contribution is 2.36. The van der Waals surface area contributed by atoms with Gasteiger partial charge in [0.25, 0.3) is 0 Å². The Morgan fingerprint density at radius 1 is 1.21 bits per heavy atom. The van der Waals surface area contributed by atoms with E-state index in [0.29, 0.717) is 29.2 Å². The molecule has 34 heavy (non-hydrogen) atoms. The number of carbonyl (C=O) groups is 1. The highest BCUT2D eigenvalue weighted by molar-refractivity contribution is 5.82. The highest BCUT2D eigenvalue weighted by Gasteiger charge is 2.42. The third kappa shape index (κ3) is 4.72. The predicted octanol–water partition coefficient (Wildman–Crippen LogP) is 3.16. The molecular weight excluding hydrogens is 453 g/mol. The number of nitrogens with zero attached hydrogens (tertiary/aromatic N) is 5. The number of benzene rings is 1. The van der Waals surface area contributed by atoms with E-state index in [1.54, 1.807) is 13.0 Å². The maximum absolute atomic E-state index is 12.9. The summed E-state index contributed by atoms with van der Waals surface area (Å²) in [5, 5.41) is 11.9. The summed E-state index contributed by atoms with van der Waals surface area (Å²) in [7, 11) is 0. The monoisotopic (exact) mass is 474 g/mol. The lowest BCUT2D eigenvalue weighted by Crippen LogP contribution is -2.52. The van der Waals surface area contributed by atoms with Crippen LogP contribution in [0.3, 0.4) is 0 Å². The van der Waals surface area contributed by atoms with Gasteiger partial charge in [0, 0.05) is 36.8 Å². The van der Waals surface area contributed by atoms with Crippen LogP contribution in [0.25, 0.3) is 22.7 Å². The molecule has 1 aromatic carbocycles. The Labute approximate surface area is 192 Å². The second kappa shape index (κ2) is 8.67. The molecule has 178 valence electrons. The fourth-order valence-electron chi connectivity index (χ4n) is 3.91. The van der Waals surface area contributed by atoms with E-state index in [0.717, 1.165) is 19.6 Å². The van der Waals surface area contributed by atoms with E-state index in [9.17, 15) is 18.0 Å². The van der Waals surface area contributed by atoms with Crippen LogP contribution in [-0.4, -0.2) is 58.0 Å². The van der Waals surface area contributed by atoms with Crippen molar-refractivity contribution in [1.82, 2.24) is 25.5 Å². The number of carbonyl (C=O) groups excluding carboxylic acids is 1. The first-order valence-electron chi connectivity index (χ1n) is 10.8. The number of piperazine rings is 1. The molecule has 1 atom stereocenters. The fraction of sp³-hybridized carbons (Fsp3) is 0.409. The number of halogens is 3. The maximum atomic E-state index is 12.9. The van der Waals surface area contributed by atoms with Crippen LogP contribution in [0.2, 0.25) is 0 Å². The van der Waals surface area contributed by atoms with Gasteiger partial charge in [-0.25, -0.2) is 14.8 Å². The number of aryl methyl sites for hydroxylation is 1. The third-order valence-electron chi connectivity index (χ3n) is 5.79. The summed E-state index contributed by atoms with van der Waals surface area (Å²) >= 11 is 0. The van der Waals surface area contributed by atoms with Crippen LogP contribution in [0, 0.1) is 12.8 Å². The first-order valence-corrected chi connectivity index (χ1v) is 10.8. The molecule has 9 nitrogen and oxygen atoms in total. The molecule has 2 aliphatic rings. The number of rotatable bonds is 5. The zero-order chi connectivity index (χ0) is 23.9. The number of hydrogen-bond acceptors (Lipinski definition) is 9. The molecule has 0 radical (unpaired) electrons. The molecule has 0 spiro atoms. The van der Waals surface area contributed by atoms with Gasteiger partial charge >= 0.3 is 12.1 Å². The Morgan fingerprint density at radius 2 is 2.03 bits per heavy atom. The Hall–Kier alpha value is -3.54. The topological polar surface area (TPSA) is 106 Å². The van der Waals surface area contributed by atoms with Crippen molar-refractivity contribution in [2.75, 3.05) is 24.5 Å². The molecule has 0 bridgehead atoms. The van der Waals surface area contributed by atoms with Crippen molar-refractivity contribution in [3.05, 3.63) is 36.4 Å². The van der Waals surface area contributed by atoms with E-state index < -0.39 is 12.1 Å². The molecule has 1 aliphatic heterocycles. The van der Waals surface area contributed by atoms with E-state index in [4.69, 9.17) is 4.42 Å². The number of anilines is 1. The maximum Gasteiger partial charge on any atom is 0.491 e. The van der Waals surface area contributed by atoms with Gasteiger partial charge in [-0.3, -0.25) is 0 Å². The molecule has 3 heterocycles. The second-order valence-electron chi connectivity index (χ2n) is 8.36. The average molecular weight is 474 g/mol.